The minimum atomic E-state index is -0.839. The lowest BCUT2D eigenvalue weighted by Crippen LogP contribution is -2.13. The third kappa shape index (κ3) is 3.83. The van der Waals surface area contributed by atoms with Crippen molar-refractivity contribution < 1.29 is 14.6 Å². The minimum Gasteiger partial charge on any atom is -0.383 e. The second kappa shape index (κ2) is 7.56. The Balaban J connectivity index is 2.28. The van der Waals surface area contributed by atoms with Gasteiger partial charge in [0.25, 0.3) is 0 Å². The van der Waals surface area contributed by atoms with Crippen molar-refractivity contribution in [1.82, 2.24) is 9.78 Å². The average Bonchev–Trinajstić information content (AvgIpc) is 2.86. The van der Waals surface area contributed by atoms with Crippen molar-refractivity contribution in [3.05, 3.63) is 52.3 Å². The van der Waals surface area contributed by atoms with Gasteiger partial charge in [-0.1, -0.05) is 35.9 Å². The Morgan fingerprint density at radius 2 is 2.14 bits per heavy atom. The molecule has 1 N–H and O–H groups in total. The van der Waals surface area contributed by atoms with E-state index >= 15 is 0 Å². The van der Waals surface area contributed by atoms with E-state index in [1.54, 1.807) is 18.9 Å². The molecule has 0 radical (unpaired) electrons. The van der Waals surface area contributed by atoms with Crippen LogP contribution in [-0.2, 0) is 22.6 Å². The fourth-order valence-corrected chi connectivity index (χ4v) is 2.42. The molecule has 1 aromatic carbocycles. The molecule has 1 heterocycles. The van der Waals surface area contributed by atoms with Crippen LogP contribution in [0.1, 0.15) is 22.9 Å². The summed E-state index contributed by atoms with van der Waals surface area (Å²) >= 11 is 6.16. The van der Waals surface area contributed by atoms with Gasteiger partial charge in [-0.15, -0.1) is 0 Å². The van der Waals surface area contributed by atoms with E-state index in [0.717, 1.165) is 11.1 Å². The van der Waals surface area contributed by atoms with Crippen molar-refractivity contribution in [2.75, 3.05) is 20.8 Å². The van der Waals surface area contributed by atoms with E-state index in [1.807, 2.05) is 24.3 Å². The van der Waals surface area contributed by atoms with Gasteiger partial charge in [-0.2, -0.15) is 5.10 Å². The predicted octanol–water partition coefficient (Wildman–Crippen LogP) is 2.41. The summed E-state index contributed by atoms with van der Waals surface area (Å²) in [5, 5.41) is 15.2. The monoisotopic (exact) mass is 310 g/mol. The number of rotatable bonds is 7. The van der Waals surface area contributed by atoms with Gasteiger partial charge < -0.3 is 14.6 Å². The lowest BCUT2D eigenvalue weighted by atomic mass is 10.0. The molecule has 0 spiro atoms. The number of benzene rings is 1. The topological polar surface area (TPSA) is 56.5 Å². The van der Waals surface area contributed by atoms with Crippen molar-refractivity contribution in [3.8, 4) is 0 Å². The van der Waals surface area contributed by atoms with Gasteiger partial charge in [-0.3, -0.25) is 4.68 Å². The molecule has 2 aromatic rings. The second-order valence-electron chi connectivity index (χ2n) is 4.67. The first-order valence-electron chi connectivity index (χ1n) is 6.63. The van der Waals surface area contributed by atoms with Gasteiger partial charge in [0, 0.05) is 14.2 Å². The molecule has 1 atom stereocenters. The number of aliphatic hydroxyl groups is 1. The highest BCUT2D eigenvalue weighted by Gasteiger charge is 2.20. The van der Waals surface area contributed by atoms with E-state index in [-0.39, 0.29) is 0 Å². The number of hydrogen-bond donors (Lipinski definition) is 1. The number of halogens is 1. The molecule has 0 aliphatic heterocycles. The molecule has 114 valence electrons. The molecule has 0 saturated heterocycles. The Morgan fingerprint density at radius 1 is 1.33 bits per heavy atom. The summed E-state index contributed by atoms with van der Waals surface area (Å²) in [4.78, 5) is 0. The Labute approximate surface area is 129 Å². The van der Waals surface area contributed by atoms with Crippen LogP contribution in [0.2, 0.25) is 5.02 Å². The van der Waals surface area contributed by atoms with Gasteiger partial charge in [0.05, 0.1) is 36.7 Å². The average molecular weight is 311 g/mol. The molecule has 0 fully saturated rings. The maximum absolute atomic E-state index is 10.6. The number of methoxy groups -OCH3 is 2. The summed E-state index contributed by atoms with van der Waals surface area (Å²) in [6.45, 7) is 1.53. The van der Waals surface area contributed by atoms with Crippen molar-refractivity contribution in [2.24, 2.45) is 0 Å². The molecular weight excluding hydrogens is 292 g/mol. The molecule has 1 unspecified atom stereocenters. The van der Waals surface area contributed by atoms with Crippen LogP contribution in [0.3, 0.4) is 0 Å². The summed E-state index contributed by atoms with van der Waals surface area (Å²) in [6, 6.07) is 7.59. The zero-order valence-corrected chi connectivity index (χ0v) is 12.9. The third-order valence-corrected chi connectivity index (χ3v) is 3.47. The summed E-state index contributed by atoms with van der Waals surface area (Å²) in [6.07, 6.45) is 0.697. The van der Waals surface area contributed by atoms with Gasteiger partial charge in [0.1, 0.15) is 6.10 Å². The van der Waals surface area contributed by atoms with Gasteiger partial charge in [0.2, 0.25) is 0 Å². The summed E-state index contributed by atoms with van der Waals surface area (Å²) in [7, 11) is 3.26. The normalized spacial score (nSPS) is 12.6. The lowest BCUT2D eigenvalue weighted by Gasteiger charge is -2.15. The fraction of sp³-hybridized carbons (Fsp3) is 0.400. The number of aliphatic hydroxyl groups excluding tert-OH is 1. The van der Waals surface area contributed by atoms with E-state index in [2.05, 4.69) is 5.10 Å². The van der Waals surface area contributed by atoms with Crippen LogP contribution < -0.4 is 0 Å². The van der Waals surface area contributed by atoms with Crippen molar-refractivity contribution in [1.29, 1.82) is 0 Å². The van der Waals surface area contributed by atoms with E-state index < -0.39 is 6.10 Å². The fourth-order valence-electron chi connectivity index (χ4n) is 2.18. The van der Waals surface area contributed by atoms with E-state index in [9.17, 15) is 5.11 Å². The number of nitrogens with zero attached hydrogens (tertiary/aromatic N) is 2. The highest BCUT2D eigenvalue weighted by Crippen LogP contribution is 2.28. The van der Waals surface area contributed by atoms with E-state index in [4.69, 9.17) is 21.1 Å². The van der Waals surface area contributed by atoms with Gasteiger partial charge in [-0.25, -0.2) is 0 Å². The molecule has 0 bridgehead atoms. The van der Waals surface area contributed by atoms with Crippen LogP contribution in [0.15, 0.2) is 30.5 Å². The quantitative estimate of drug-likeness (QED) is 0.853. The van der Waals surface area contributed by atoms with Crippen LogP contribution in [0.25, 0.3) is 0 Å². The third-order valence-electron chi connectivity index (χ3n) is 3.18. The molecule has 2 rings (SSSR count). The van der Waals surface area contributed by atoms with Crippen LogP contribution in [0, 0.1) is 0 Å². The number of aromatic nitrogens is 2. The van der Waals surface area contributed by atoms with E-state index in [0.29, 0.717) is 30.5 Å². The Kier molecular flexibility index (Phi) is 5.76. The first-order valence-corrected chi connectivity index (χ1v) is 7.01. The summed E-state index contributed by atoms with van der Waals surface area (Å²) < 4.78 is 11.8. The molecule has 5 nitrogen and oxygen atoms in total. The number of hydrogen-bond acceptors (Lipinski definition) is 4. The number of ether oxygens (including phenoxy) is 2. The summed E-state index contributed by atoms with van der Waals surface area (Å²) in [5.74, 6) is 0. The molecule has 0 amide bonds. The van der Waals surface area contributed by atoms with Gasteiger partial charge in [-0.05, 0) is 11.1 Å². The van der Waals surface area contributed by atoms with Gasteiger partial charge in [0.15, 0.2) is 0 Å². The maximum atomic E-state index is 10.6. The first-order chi connectivity index (χ1) is 10.2. The second-order valence-corrected chi connectivity index (χ2v) is 5.08. The smallest absolute Gasteiger partial charge is 0.122 e. The van der Waals surface area contributed by atoms with Crippen molar-refractivity contribution >= 4 is 11.6 Å². The van der Waals surface area contributed by atoms with Crippen molar-refractivity contribution in [2.45, 2.75) is 19.3 Å². The van der Waals surface area contributed by atoms with Crippen LogP contribution in [0.4, 0.5) is 0 Å². The summed E-state index contributed by atoms with van der Waals surface area (Å²) in [5.41, 5.74) is 2.32. The Hall–Kier alpha value is -1.40. The maximum Gasteiger partial charge on any atom is 0.122 e. The minimum absolute atomic E-state index is 0.441. The lowest BCUT2D eigenvalue weighted by molar-refractivity contribution is 0.171. The van der Waals surface area contributed by atoms with Crippen LogP contribution >= 0.6 is 11.6 Å². The van der Waals surface area contributed by atoms with Crippen molar-refractivity contribution in [3.63, 3.8) is 0 Å². The molecule has 21 heavy (non-hydrogen) atoms. The van der Waals surface area contributed by atoms with Crippen LogP contribution in [0.5, 0.6) is 0 Å². The largest absolute Gasteiger partial charge is 0.383 e. The highest BCUT2D eigenvalue weighted by atomic mass is 35.5. The van der Waals surface area contributed by atoms with Crippen LogP contribution in [-0.4, -0.2) is 35.7 Å². The van der Waals surface area contributed by atoms with Gasteiger partial charge >= 0.3 is 0 Å². The first kappa shape index (κ1) is 16.0. The Bertz CT molecular complexity index is 586. The zero-order valence-electron chi connectivity index (χ0n) is 12.1. The molecular formula is C15H19ClN2O3. The highest BCUT2D eigenvalue weighted by molar-refractivity contribution is 6.31. The molecule has 6 heteroatoms. The Morgan fingerprint density at radius 3 is 2.86 bits per heavy atom. The molecule has 0 saturated carbocycles. The predicted molar refractivity (Wildman–Crippen MR) is 80.3 cm³/mol. The van der Waals surface area contributed by atoms with E-state index in [1.165, 1.54) is 6.20 Å². The molecule has 0 aliphatic rings. The molecule has 1 aromatic heterocycles. The zero-order chi connectivity index (χ0) is 15.2. The standard InChI is InChI=1S/C15H19ClN2O3/c1-20-7-6-18-14(13(16)9-17-18)15(19)12-5-3-4-11(8-12)10-21-2/h3-5,8-9,15,19H,6-7,10H2,1-2H3. The molecule has 0 aliphatic carbocycles. The SMILES string of the molecule is COCCn1ncc(Cl)c1C(O)c1cccc(COC)c1.